The molecule has 2 aliphatic heterocycles. The molecule has 1 aromatic heterocycles. The molecular weight excluding hydrogens is 405 g/mol. The minimum Gasteiger partial charge on any atom is -0.377 e. The third-order valence-corrected chi connectivity index (χ3v) is 6.45. The number of fused-ring (bicyclic) bond motifs is 1. The van der Waals surface area contributed by atoms with Gasteiger partial charge in [-0.15, -0.1) is 0 Å². The van der Waals surface area contributed by atoms with Gasteiger partial charge in [-0.25, -0.2) is 9.37 Å². The number of halogens is 1. The molecular formula is C26H28FN3O2. The average molecular weight is 434 g/mol. The largest absolute Gasteiger partial charge is 0.377 e. The van der Waals surface area contributed by atoms with Gasteiger partial charge in [0.2, 0.25) is 0 Å². The molecule has 5 rings (SSSR count). The van der Waals surface area contributed by atoms with Crippen LogP contribution < -0.4 is 0 Å². The van der Waals surface area contributed by atoms with Crippen molar-refractivity contribution in [1.29, 1.82) is 0 Å². The molecule has 0 radical (unpaired) electrons. The van der Waals surface area contributed by atoms with Crippen LogP contribution in [0.2, 0.25) is 0 Å². The first-order valence-electron chi connectivity index (χ1n) is 11.5. The van der Waals surface area contributed by atoms with Crippen molar-refractivity contribution in [2.45, 2.75) is 25.4 Å². The van der Waals surface area contributed by atoms with Crippen molar-refractivity contribution in [2.24, 2.45) is 0 Å². The number of hydrogen-bond acceptors (Lipinski definition) is 4. The van der Waals surface area contributed by atoms with Gasteiger partial charge in [0.15, 0.2) is 0 Å². The maximum Gasteiger partial charge on any atom is 0.254 e. The molecule has 5 nitrogen and oxygen atoms in total. The van der Waals surface area contributed by atoms with Gasteiger partial charge in [-0.1, -0.05) is 18.2 Å². The van der Waals surface area contributed by atoms with Gasteiger partial charge in [0.1, 0.15) is 5.82 Å². The van der Waals surface area contributed by atoms with E-state index in [0.717, 1.165) is 68.5 Å². The van der Waals surface area contributed by atoms with E-state index in [1.807, 2.05) is 35.2 Å². The SMILES string of the molecule is O=C(c1cc(-c2ccc(F)cc2)nc2ccccc12)N1CCCN(C[C@H]2CCCO2)CC1. The number of nitrogens with zero attached hydrogens (tertiary/aromatic N) is 3. The second kappa shape index (κ2) is 9.35. The van der Waals surface area contributed by atoms with Gasteiger partial charge >= 0.3 is 0 Å². The van der Waals surface area contributed by atoms with Gasteiger partial charge in [0.05, 0.1) is 22.9 Å². The Balaban J connectivity index is 1.40. The van der Waals surface area contributed by atoms with Crippen molar-refractivity contribution in [3.8, 4) is 11.3 Å². The Morgan fingerprint density at radius 1 is 1.03 bits per heavy atom. The van der Waals surface area contributed by atoms with Crippen LogP contribution in [0.25, 0.3) is 22.2 Å². The lowest BCUT2D eigenvalue weighted by Crippen LogP contribution is -2.37. The molecule has 32 heavy (non-hydrogen) atoms. The van der Waals surface area contributed by atoms with Crippen LogP contribution in [-0.4, -0.2) is 66.1 Å². The van der Waals surface area contributed by atoms with Gasteiger partial charge in [0.25, 0.3) is 5.91 Å². The Labute approximate surface area is 187 Å². The lowest BCUT2D eigenvalue weighted by Gasteiger charge is -2.24. The van der Waals surface area contributed by atoms with E-state index >= 15 is 0 Å². The standard InChI is InChI=1S/C26H28FN3O2/c27-20-10-8-19(9-11-20)25-17-23(22-6-1-2-7-24(22)28-25)26(31)30-13-4-12-29(14-15-30)18-21-5-3-16-32-21/h1-2,6-11,17,21H,3-5,12-16,18H2/t21-/m1/s1. The maximum atomic E-state index is 13.7. The summed E-state index contributed by atoms with van der Waals surface area (Å²) in [7, 11) is 0. The van der Waals surface area contributed by atoms with E-state index in [4.69, 9.17) is 9.72 Å². The van der Waals surface area contributed by atoms with Gasteiger partial charge in [-0.05, 0) is 62.2 Å². The molecule has 3 heterocycles. The van der Waals surface area contributed by atoms with Crippen molar-refractivity contribution in [2.75, 3.05) is 39.3 Å². The normalized spacial score (nSPS) is 19.9. The predicted molar refractivity (Wildman–Crippen MR) is 123 cm³/mol. The quantitative estimate of drug-likeness (QED) is 0.613. The molecule has 166 valence electrons. The third-order valence-electron chi connectivity index (χ3n) is 6.45. The fourth-order valence-corrected chi connectivity index (χ4v) is 4.72. The van der Waals surface area contributed by atoms with E-state index in [-0.39, 0.29) is 11.7 Å². The number of rotatable bonds is 4. The number of aromatic nitrogens is 1. The first kappa shape index (κ1) is 21.0. The van der Waals surface area contributed by atoms with Gasteiger partial charge in [0, 0.05) is 43.7 Å². The molecule has 2 aromatic carbocycles. The summed E-state index contributed by atoms with van der Waals surface area (Å²) in [6, 6.07) is 15.8. The van der Waals surface area contributed by atoms with Crippen molar-refractivity contribution in [3.05, 3.63) is 66.0 Å². The van der Waals surface area contributed by atoms with Crippen LogP contribution in [0.3, 0.4) is 0 Å². The number of amides is 1. The highest BCUT2D eigenvalue weighted by atomic mass is 19.1. The van der Waals surface area contributed by atoms with E-state index in [9.17, 15) is 9.18 Å². The summed E-state index contributed by atoms with van der Waals surface area (Å²) < 4.78 is 19.2. The van der Waals surface area contributed by atoms with Crippen molar-refractivity contribution < 1.29 is 13.9 Å². The van der Waals surface area contributed by atoms with Crippen LogP contribution >= 0.6 is 0 Å². The minimum absolute atomic E-state index is 0.0333. The summed E-state index contributed by atoms with van der Waals surface area (Å²) in [5.74, 6) is -0.256. The highest BCUT2D eigenvalue weighted by Crippen LogP contribution is 2.26. The Morgan fingerprint density at radius 3 is 2.69 bits per heavy atom. The maximum absolute atomic E-state index is 13.7. The first-order valence-corrected chi connectivity index (χ1v) is 11.5. The van der Waals surface area contributed by atoms with E-state index in [1.54, 1.807) is 12.1 Å². The topological polar surface area (TPSA) is 45.7 Å². The monoisotopic (exact) mass is 433 g/mol. The van der Waals surface area contributed by atoms with Crippen molar-refractivity contribution >= 4 is 16.8 Å². The molecule has 1 atom stereocenters. The highest BCUT2D eigenvalue weighted by Gasteiger charge is 2.25. The second-order valence-corrected chi connectivity index (χ2v) is 8.66. The predicted octanol–water partition coefficient (Wildman–Crippen LogP) is 4.37. The van der Waals surface area contributed by atoms with E-state index in [0.29, 0.717) is 23.9 Å². The molecule has 0 aliphatic carbocycles. The van der Waals surface area contributed by atoms with Crippen molar-refractivity contribution in [3.63, 3.8) is 0 Å². The molecule has 2 fully saturated rings. The molecule has 0 unspecified atom stereocenters. The Hall–Kier alpha value is -2.83. The van der Waals surface area contributed by atoms with Crippen LogP contribution in [0.15, 0.2) is 54.6 Å². The first-order chi connectivity index (χ1) is 15.7. The molecule has 6 heteroatoms. The average Bonchev–Trinajstić information content (AvgIpc) is 3.22. The summed E-state index contributed by atoms with van der Waals surface area (Å²) in [5.41, 5.74) is 2.90. The van der Waals surface area contributed by atoms with Crippen molar-refractivity contribution in [1.82, 2.24) is 14.8 Å². The summed E-state index contributed by atoms with van der Waals surface area (Å²) in [6.07, 6.45) is 3.56. The van der Waals surface area contributed by atoms with E-state index < -0.39 is 0 Å². The molecule has 2 saturated heterocycles. The zero-order valence-corrected chi connectivity index (χ0v) is 18.2. The fourth-order valence-electron chi connectivity index (χ4n) is 4.72. The summed E-state index contributed by atoms with van der Waals surface area (Å²) in [5, 5.41) is 0.851. The van der Waals surface area contributed by atoms with Gasteiger partial charge < -0.3 is 9.64 Å². The number of ether oxygens (including phenoxy) is 1. The summed E-state index contributed by atoms with van der Waals surface area (Å²) in [4.78, 5) is 22.8. The minimum atomic E-state index is -0.289. The number of hydrogen-bond donors (Lipinski definition) is 0. The number of carbonyl (C=O) groups excluding carboxylic acids is 1. The molecule has 1 amide bonds. The number of pyridine rings is 1. The molecule has 0 saturated carbocycles. The van der Waals surface area contributed by atoms with Crippen LogP contribution in [0.1, 0.15) is 29.6 Å². The van der Waals surface area contributed by atoms with Crippen LogP contribution in [0.4, 0.5) is 4.39 Å². The molecule has 3 aromatic rings. The number of para-hydroxylation sites is 1. The van der Waals surface area contributed by atoms with E-state index in [2.05, 4.69) is 4.90 Å². The van der Waals surface area contributed by atoms with E-state index in [1.165, 1.54) is 12.1 Å². The zero-order valence-electron chi connectivity index (χ0n) is 18.2. The van der Waals surface area contributed by atoms with Crippen LogP contribution in [0, 0.1) is 5.82 Å². The van der Waals surface area contributed by atoms with Crippen LogP contribution in [0.5, 0.6) is 0 Å². The van der Waals surface area contributed by atoms with Crippen LogP contribution in [-0.2, 0) is 4.74 Å². The lowest BCUT2D eigenvalue weighted by atomic mass is 10.0. The Kier molecular flexibility index (Phi) is 6.14. The third kappa shape index (κ3) is 4.52. The number of benzene rings is 2. The number of carbonyl (C=O) groups is 1. The summed E-state index contributed by atoms with van der Waals surface area (Å²) >= 11 is 0. The Bertz CT molecular complexity index is 1100. The molecule has 0 N–H and O–H groups in total. The fraction of sp³-hybridized carbons (Fsp3) is 0.385. The lowest BCUT2D eigenvalue weighted by molar-refractivity contribution is 0.0705. The summed E-state index contributed by atoms with van der Waals surface area (Å²) in [6.45, 7) is 5.11. The molecule has 0 spiro atoms. The van der Waals surface area contributed by atoms with Gasteiger partial charge in [-0.3, -0.25) is 9.69 Å². The van der Waals surface area contributed by atoms with Gasteiger partial charge in [-0.2, -0.15) is 0 Å². The Morgan fingerprint density at radius 2 is 1.88 bits per heavy atom. The second-order valence-electron chi connectivity index (χ2n) is 8.66. The molecule has 0 bridgehead atoms. The zero-order chi connectivity index (χ0) is 21.9. The highest BCUT2D eigenvalue weighted by molar-refractivity contribution is 6.07. The molecule has 2 aliphatic rings. The smallest absolute Gasteiger partial charge is 0.254 e.